The van der Waals surface area contributed by atoms with Crippen LogP contribution in [0.1, 0.15) is 15.9 Å². The van der Waals surface area contributed by atoms with Gasteiger partial charge in [0.1, 0.15) is 5.69 Å². The third kappa shape index (κ3) is 5.67. The van der Waals surface area contributed by atoms with Crippen LogP contribution in [0.25, 0.3) is 0 Å². The van der Waals surface area contributed by atoms with Crippen molar-refractivity contribution in [2.24, 2.45) is 0 Å². The first-order valence-corrected chi connectivity index (χ1v) is 8.09. The van der Waals surface area contributed by atoms with Gasteiger partial charge in [0.05, 0.1) is 16.1 Å². The Bertz CT molecular complexity index is 945. The predicted molar refractivity (Wildman–Crippen MR) is 97.8 cm³/mol. The highest BCUT2D eigenvalue weighted by Crippen LogP contribution is 2.34. The Balaban J connectivity index is 2.06. The van der Waals surface area contributed by atoms with Crippen molar-refractivity contribution in [2.75, 3.05) is 30.9 Å². The summed E-state index contributed by atoms with van der Waals surface area (Å²) in [5.41, 5.74) is -1.69. The van der Waals surface area contributed by atoms with Crippen LogP contribution >= 0.6 is 0 Å². The lowest BCUT2D eigenvalue weighted by molar-refractivity contribution is -0.384. The minimum Gasteiger partial charge on any atom is -0.452 e. The number of carbonyl (C=O) groups is 2. The third-order valence-electron chi connectivity index (χ3n) is 3.73. The summed E-state index contributed by atoms with van der Waals surface area (Å²) in [6.45, 7) is -0.775. The number of nitrogens with one attached hydrogen (secondary N) is 1. The molecule has 0 radical (unpaired) electrons. The van der Waals surface area contributed by atoms with Crippen LogP contribution in [0.4, 0.5) is 30.2 Å². The van der Waals surface area contributed by atoms with Crippen molar-refractivity contribution in [1.29, 1.82) is 0 Å². The molecule has 0 bridgehead atoms. The van der Waals surface area contributed by atoms with Gasteiger partial charge < -0.3 is 15.0 Å². The molecule has 29 heavy (non-hydrogen) atoms. The lowest BCUT2D eigenvalue weighted by Gasteiger charge is -2.13. The average molecular weight is 411 g/mol. The summed E-state index contributed by atoms with van der Waals surface area (Å²) >= 11 is 0. The SMILES string of the molecule is CN(C)c1cccc(C(=O)OCC(=O)Nc2ccc(C(F)(F)F)cc2[N+](=O)[O-])c1. The summed E-state index contributed by atoms with van der Waals surface area (Å²) < 4.78 is 43.0. The zero-order chi connectivity index (χ0) is 21.8. The summed E-state index contributed by atoms with van der Waals surface area (Å²) in [6.07, 6.45) is -4.77. The van der Waals surface area contributed by atoms with E-state index in [2.05, 4.69) is 5.32 Å². The molecule has 8 nitrogen and oxygen atoms in total. The van der Waals surface area contributed by atoms with Crippen molar-refractivity contribution in [3.8, 4) is 0 Å². The molecule has 0 unspecified atom stereocenters. The second-order valence-electron chi connectivity index (χ2n) is 6.06. The number of hydrogen-bond donors (Lipinski definition) is 1. The van der Waals surface area contributed by atoms with E-state index in [0.717, 1.165) is 11.8 Å². The molecule has 0 heterocycles. The second kappa shape index (κ2) is 8.59. The number of carbonyl (C=O) groups excluding carboxylic acids is 2. The van der Waals surface area contributed by atoms with Gasteiger partial charge in [-0.15, -0.1) is 0 Å². The van der Waals surface area contributed by atoms with Crippen LogP contribution in [0.15, 0.2) is 42.5 Å². The van der Waals surface area contributed by atoms with Crippen LogP contribution in [0.5, 0.6) is 0 Å². The van der Waals surface area contributed by atoms with E-state index in [1.807, 2.05) is 0 Å². The first kappa shape index (κ1) is 21.7. The summed E-state index contributed by atoms with van der Waals surface area (Å²) in [5.74, 6) is -1.74. The van der Waals surface area contributed by atoms with Crippen molar-refractivity contribution < 1.29 is 32.4 Å². The van der Waals surface area contributed by atoms with E-state index in [-0.39, 0.29) is 5.56 Å². The van der Waals surface area contributed by atoms with Crippen LogP contribution in [0.3, 0.4) is 0 Å². The molecule has 2 aromatic carbocycles. The molecule has 0 atom stereocenters. The molecule has 0 aromatic heterocycles. The molecule has 0 spiro atoms. The predicted octanol–water partition coefficient (Wildman–Crippen LogP) is 3.48. The molecule has 0 aliphatic carbocycles. The van der Waals surface area contributed by atoms with Gasteiger partial charge in [-0.05, 0) is 30.3 Å². The number of amides is 1. The largest absolute Gasteiger partial charge is 0.452 e. The molecule has 11 heteroatoms. The molecule has 2 aromatic rings. The maximum Gasteiger partial charge on any atom is 0.416 e. The minimum atomic E-state index is -4.77. The number of nitro groups is 1. The van der Waals surface area contributed by atoms with Crippen LogP contribution < -0.4 is 10.2 Å². The first-order chi connectivity index (χ1) is 13.5. The Hall–Kier alpha value is -3.63. The monoisotopic (exact) mass is 411 g/mol. The highest BCUT2D eigenvalue weighted by molar-refractivity contribution is 5.97. The van der Waals surface area contributed by atoms with Gasteiger partial charge >= 0.3 is 12.1 Å². The minimum absolute atomic E-state index is 0.185. The molecule has 0 aliphatic rings. The number of benzene rings is 2. The van der Waals surface area contributed by atoms with E-state index in [1.165, 1.54) is 6.07 Å². The summed E-state index contributed by atoms with van der Waals surface area (Å²) in [7, 11) is 3.55. The Morgan fingerprint density at radius 2 is 1.86 bits per heavy atom. The van der Waals surface area contributed by atoms with Gasteiger partial charge in [-0.3, -0.25) is 14.9 Å². The third-order valence-corrected chi connectivity index (χ3v) is 3.73. The number of ether oxygens (including phenoxy) is 1. The maximum atomic E-state index is 12.7. The quantitative estimate of drug-likeness (QED) is 0.444. The second-order valence-corrected chi connectivity index (χ2v) is 6.06. The number of nitro benzene ring substituents is 1. The summed E-state index contributed by atoms with van der Waals surface area (Å²) in [6, 6.07) is 8.08. The average Bonchev–Trinajstić information content (AvgIpc) is 2.65. The first-order valence-electron chi connectivity index (χ1n) is 8.09. The number of rotatable bonds is 6. The topological polar surface area (TPSA) is 102 Å². The molecule has 154 valence electrons. The van der Waals surface area contributed by atoms with Crippen molar-refractivity contribution in [3.05, 3.63) is 63.7 Å². The Kier molecular flexibility index (Phi) is 6.42. The van der Waals surface area contributed by atoms with Gasteiger partial charge in [0.25, 0.3) is 11.6 Å². The number of esters is 1. The van der Waals surface area contributed by atoms with Crippen LogP contribution in [0.2, 0.25) is 0 Å². The molecule has 0 saturated heterocycles. The van der Waals surface area contributed by atoms with E-state index in [0.29, 0.717) is 12.1 Å². The lowest BCUT2D eigenvalue weighted by Crippen LogP contribution is -2.21. The summed E-state index contributed by atoms with van der Waals surface area (Å²) in [5, 5.41) is 13.1. The number of nitrogens with zero attached hydrogens (tertiary/aromatic N) is 2. The normalized spacial score (nSPS) is 10.9. The molecule has 1 amide bonds. The summed E-state index contributed by atoms with van der Waals surface area (Å²) in [4.78, 5) is 35.7. The number of hydrogen-bond acceptors (Lipinski definition) is 6. The van der Waals surface area contributed by atoms with E-state index in [9.17, 15) is 32.9 Å². The van der Waals surface area contributed by atoms with Crippen molar-refractivity contribution in [2.45, 2.75) is 6.18 Å². The number of halogens is 3. The number of anilines is 2. The molecule has 1 N–H and O–H groups in total. The molecule has 0 aliphatic heterocycles. The van der Waals surface area contributed by atoms with E-state index in [1.54, 1.807) is 37.2 Å². The van der Waals surface area contributed by atoms with Crippen LogP contribution in [-0.4, -0.2) is 37.5 Å². The van der Waals surface area contributed by atoms with Gasteiger partial charge in [0.2, 0.25) is 0 Å². The standard InChI is InChI=1S/C18H16F3N3O5/c1-23(2)13-5-3-4-11(8-13)17(26)29-10-16(25)22-14-7-6-12(18(19,20)21)9-15(14)24(27)28/h3-9H,10H2,1-2H3,(H,22,25). The molecule has 0 fully saturated rings. The van der Waals surface area contributed by atoms with Crippen molar-refractivity contribution >= 4 is 28.9 Å². The highest BCUT2D eigenvalue weighted by atomic mass is 19.4. The van der Waals surface area contributed by atoms with E-state index >= 15 is 0 Å². The van der Waals surface area contributed by atoms with E-state index < -0.39 is 46.5 Å². The number of alkyl halides is 3. The van der Waals surface area contributed by atoms with Gasteiger partial charge in [-0.25, -0.2) is 4.79 Å². The van der Waals surface area contributed by atoms with Crippen LogP contribution in [-0.2, 0) is 15.7 Å². The van der Waals surface area contributed by atoms with Crippen molar-refractivity contribution in [3.63, 3.8) is 0 Å². The van der Waals surface area contributed by atoms with Gasteiger partial charge in [-0.1, -0.05) is 6.07 Å². The zero-order valence-corrected chi connectivity index (χ0v) is 15.3. The Labute approximate surface area is 163 Å². The van der Waals surface area contributed by atoms with Crippen LogP contribution in [0, 0.1) is 10.1 Å². The smallest absolute Gasteiger partial charge is 0.416 e. The van der Waals surface area contributed by atoms with Gasteiger partial charge in [0, 0.05) is 25.8 Å². The maximum absolute atomic E-state index is 12.7. The van der Waals surface area contributed by atoms with Gasteiger partial charge in [0.15, 0.2) is 6.61 Å². The zero-order valence-electron chi connectivity index (χ0n) is 15.3. The molecule has 2 rings (SSSR count). The lowest BCUT2D eigenvalue weighted by atomic mass is 10.1. The van der Waals surface area contributed by atoms with E-state index in [4.69, 9.17) is 4.74 Å². The molecular formula is C18H16F3N3O5. The Morgan fingerprint density at radius 1 is 1.17 bits per heavy atom. The fraction of sp³-hybridized carbons (Fsp3) is 0.222. The fourth-order valence-electron chi connectivity index (χ4n) is 2.28. The van der Waals surface area contributed by atoms with Crippen molar-refractivity contribution in [1.82, 2.24) is 0 Å². The highest BCUT2D eigenvalue weighted by Gasteiger charge is 2.33. The Morgan fingerprint density at radius 3 is 2.45 bits per heavy atom. The fourth-order valence-corrected chi connectivity index (χ4v) is 2.28. The molecule has 0 saturated carbocycles. The van der Waals surface area contributed by atoms with Gasteiger partial charge in [-0.2, -0.15) is 13.2 Å². The molecular weight excluding hydrogens is 395 g/mol.